The van der Waals surface area contributed by atoms with E-state index in [-0.39, 0.29) is 37.0 Å². The van der Waals surface area contributed by atoms with Gasteiger partial charge in [0.15, 0.2) is 0 Å². The molecule has 0 heterocycles. The van der Waals surface area contributed by atoms with Crippen LogP contribution in [0.5, 0.6) is 0 Å². The van der Waals surface area contributed by atoms with Crippen LogP contribution in [0.3, 0.4) is 0 Å². The van der Waals surface area contributed by atoms with Crippen LogP contribution < -0.4 is 16.0 Å². The molecule has 1 aromatic rings. The minimum Gasteiger partial charge on any atom is -0.376 e. The number of carbonyl (C=O) groups excluding carboxylic acids is 1. The number of benzene rings is 1. The zero-order chi connectivity index (χ0) is 15.5. The number of halogens is 5. The molecular weight excluding hydrogens is 342 g/mol. The molecule has 0 fully saturated rings. The number of nitrogens with one attached hydrogen (secondary N) is 1. The highest BCUT2D eigenvalue weighted by Gasteiger charge is 2.31. The van der Waals surface area contributed by atoms with Crippen LogP contribution in [0.4, 0.5) is 24.5 Å². The van der Waals surface area contributed by atoms with Crippen LogP contribution in [0.25, 0.3) is 0 Å². The summed E-state index contributed by atoms with van der Waals surface area (Å²) in [4.78, 5) is 13.4. The Morgan fingerprint density at radius 1 is 1.32 bits per heavy atom. The fourth-order valence-electron chi connectivity index (χ4n) is 1.57. The van der Waals surface area contributed by atoms with Crippen LogP contribution in [0, 0.1) is 5.92 Å². The van der Waals surface area contributed by atoms with Crippen LogP contribution in [-0.4, -0.2) is 26.5 Å². The summed E-state index contributed by atoms with van der Waals surface area (Å²) in [7, 11) is 3.37. The van der Waals surface area contributed by atoms with Gasteiger partial charge < -0.3 is 16.0 Å². The number of carbonyl (C=O) groups is 1. The minimum atomic E-state index is -4.45. The number of amides is 1. The Hall–Kier alpha value is -1.18. The Morgan fingerprint density at radius 2 is 1.86 bits per heavy atom. The molecule has 1 atom stereocenters. The van der Waals surface area contributed by atoms with Gasteiger partial charge in [0, 0.05) is 26.6 Å². The summed E-state index contributed by atoms with van der Waals surface area (Å²) in [6, 6.07) is 3.24. The first-order chi connectivity index (χ1) is 9.16. The standard InChI is InChI=1S/C13H18F3N3O.2ClH/c1-8(7-17)12(20)18-10-6-9(13(14,15)16)4-5-11(10)19(2)3;;/h4-6,8H,7,17H2,1-3H3,(H,18,20);2*1H. The summed E-state index contributed by atoms with van der Waals surface area (Å²) >= 11 is 0. The molecule has 0 aliphatic carbocycles. The highest BCUT2D eigenvalue weighted by Crippen LogP contribution is 2.35. The normalized spacial score (nSPS) is 11.8. The van der Waals surface area contributed by atoms with Gasteiger partial charge in [-0.1, -0.05) is 6.92 Å². The Balaban J connectivity index is 0. The number of hydrogen-bond acceptors (Lipinski definition) is 3. The van der Waals surface area contributed by atoms with Crippen molar-refractivity contribution in [3.05, 3.63) is 23.8 Å². The second-order valence-corrected chi connectivity index (χ2v) is 4.75. The van der Waals surface area contributed by atoms with Gasteiger partial charge in [-0.25, -0.2) is 0 Å². The number of hydrogen-bond donors (Lipinski definition) is 2. The maximum absolute atomic E-state index is 12.7. The molecule has 9 heteroatoms. The summed E-state index contributed by atoms with van der Waals surface area (Å²) in [6.07, 6.45) is -4.45. The molecule has 4 nitrogen and oxygen atoms in total. The van der Waals surface area contributed by atoms with E-state index in [4.69, 9.17) is 5.73 Å². The molecule has 0 aliphatic rings. The Bertz CT molecular complexity index is 496. The number of rotatable bonds is 4. The summed E-state index contributed by atoms with van der Waals surface area (Å²) in [6.45, 7) is 1.74. The molecule has 128 valence electrons. The molecule has 0 aromatic heterocycles. The Morgan fingerprint density at radius 3 is 2.27 bits per heavy atom. The first kappa shape index (κ1) is 23.1. The van der Waals surface area contributed by atoms with Crippen molar-refractivity contribution in [3.63, 3.8) is 0 Å². The Kier molecular flexibility index (Phi) is 9.52. The number of nitrogens with zero attached hydrogens (tertiary/aromatic N) is 1. The van der Waals surface area contributed by atoms with Gasteiger partial charge in [0.25, 0.3) is 0 Å². The smallest absolute Gasteiger partial charge is 0.376 e. The SMILES string of the molecule is CC(CN)C(=O)Nc1cc(C(F)(F)F)ccc1N(C)C.Cl.Cl. The minimum absolute atomic E-state index is 0. The predicted octanol–water partition coefficient (Wildman–Crippen LogP) is 3.15. The first-order valence-corrected chi connectivity index (χ1v) is 6.06. The topological polar surface area (TPSA) is 58.4 Å². The van der Waals surface area contributed by atoms with Crippen LogP contribution >= 0.6 is 24.8 Å². The molecule has 1 aromatic carbocycles. The van der Waals surface area contributed by atoms with Crippen molar-refractivity contribution >= 4 is 42.1 Å². The van der Waals surface area contributed by atoms with Gasteiger partial charge in [-0.05, 0) is 18.2 Å². The zero-order valence-electron chi connectivity index (χ0n) is 12.4. The third kappa shape index (κ3) is 5.90. The van der Waals surface area contributed by atoms with Gasteiger partial charge in [0.05, 0.1) is 16.9 Å². The molecule has 0 aliphatic heterocycles. The summed E-state index contributed by atoms with van der Waals surface area (Å²) in [5.74, 6) is -0.880. The molecule has 0 saturated heterocycles. The molecular formula is C13H20Cl2F3N3O. The van der Waals surface area contributed by atoms with E-state index in [0.717, 1.165) is 12.1 Å². The molecule has 0 bridgehead atoms. The molecule has 0 spiro atoms. The van der Waals surface area contributed by atoms with Gasteiger partial charge in [0.2, 0.25) is 5.91 Å². The van der Waals surface area contributed by atoms with E-state index in [2.05, 4.69) is 5.32 Å². The second kappa shape index (κ2) is 9.07. The third-order valence-electron chi connectivity index (χ3n) is 2.86. The van der Waals surface area contributed by atoms with Crippen molar-refractivity contribution < 1.29 is 18.0 Å². The highest BCUT2D eigenvalue weighted by atomic mass is 35.5. The average molecular weight is 362 g/mol. The van der Waals surface area contributed by atoms with Gasteiger partial charge in [-0.3, -0.25) is 4.79 Å². The molecule has 1 rings (SSSR count). The maximum atomic E-state index is 12.7. The molecule has 1 amide bonds. The molecule has 22 heavy (non-hydrogen) atoms. The van der Waals surface area contributed by atoms with Crippen LogP contribution in [-0.2, 0) is 11.0 Å². The van der Waals surface area contributed by atoms with E-state index in [1.807, 2.05) is 0 Å². The van der Waals surface area contributed by atoms with Gasteiger partial charge in [-0.15, -0.1) is 24.8 Å². The Labute approximate surface area is 140 Å². The van der Waals surface area contributed by atoms with E-state index in [1.54, 1.807) is 25.9 Å². The number of anilines is 2. The van der Waals surface area contributed by atoms with E-state index in [0.29, 0.717) is 5.69 Å². The summed E-state index contributed by atoms with van der Waals surface area (Å²) in [5, 5.41) is 2.49. The van der Waals surface area contributed by atoms with Crippen molar-refractivity contribution in [2.24, 2.45) is 11.7 Å². The number of nitrogens with two attached hydrogens (primary N) is 1. The number of alkyl halides is 3. The lowest BCUT2D eigenvalue weighted by molar-refractivity contribution is -0.137. The van der Waals surface area contributed by atoms with E-state index in [1.165, 1.54) is 6.07 Å². The second-order valence-electron chi connectivity index (χ2n) is 4.75. The van der Waals surface area contributed by atoms with Crippen LogP contribution in [0.1, 0.15) is 12.5 Å². The summed E-state index contributed by atoms with van der Waals surface area (Å²) in [5.41, 5.74) is 5.18. The zero-order valence-corrected chi connectivity index (χ0v) is 14.0. The quantitative estimate of drug-likeness (QED) is 0.865. The van der Waals surface area contributed by atoms with Gasteiger partial charge >= 0.3 is 6.18 Å². The maximum Gasteiger partial charge on any atom is 0.416 e. The lowest BCUT2D eigenvalue weighted by atomic mass is 10.1. The third-order valence-corrected chi connectivity index (χ3v) is 2.86. The summed E-state index contributed by atoms with van der Waals surface area (Å²) < 4.78 is 38.1. The average Bonchev–Trinajstić information content (AvgIpc) is 2.36. The van der Waals surface area contributed by atoms with E-state index in [9.17, 15) is 18.0 Å². The van der Waals surface area contributed by atoms with Crippen molar-refractivity contribution in [2.75, 3.05) is 30.9 Å². The fourth-order valence-corrected chi connectivity index (χ4v) is 1.57. The van der Waals surface area contributed by atoms with Crippen LogP contribution in [0.15, 0.2) is 18.2 Å². The predicted molar refractivity (Wildman–Crippen MR) is 87.1 cm³/mol. The largest absolute Gasteiger partial charge is 0.416 e. The fraction of sp³-hybridized carbons (Fsp3) is 0.462. The van der Waals surface area contributed by atoms with Crippen molar-refractivity contribution in [1.82, 2.24) is 0 Å². The van der Waals surface area contributed by atoms with Gasteiger partial charge in [-0.2, -0.15) is 13.2 Å². The first-order valence-electron chi connectivity index (χ1n) is 6.06. The molecule has 0 radical (unpaired) electrons. The molecule has 1 unspecified atom stereocenters. The van der Waals surface area contributed by atoms with Crippen LogP contribution in [0.2, 0.25) is 0 Å². The van der Waals surface area contributed by atoms with E-state index < -0.39 is 23.6 Å². The highest BCUT2D eigenvalue weighted by molar-refractivity contribution is 5.95. The lowest BCUT2D eigenvalue weighted by Crippen LogP contribution is -2.27. The van der Waals surface area contributed by atoms with E-state index >= 15 is 0 Å². The lowest BCUT2D eigenvalue weighted by Gasteiger charge is -2.20. The molecule has 0 saturated carbocycles. The van der Waals surface area contributed by atoms with Crippen molar-refractivity contribution in [1.29, 1.82) is 0 Å². The van der Waals surface area contributed by atoms with Crippen molar-refractivity contribution in [3.8, 4) is 0 Å². The molecule has 3 N–H and O–H groups in total. The van der Waals surface area contributed by atoms with Crippen molar-refractivity contribution in [2.45, 2.75) is 13.1 Å². The van der Waals surface area contributed by atoms with Gasteiger partial charge in [0.1, 0.15) is 0 Å². The monoisotopic (exact) mass is 361 g/mol.